The Bertz CT molecular complexity index is 607. The molecule has 8 nitrogen and oxygen atoms in total. The first kappa shape index (κ1) is 16.0. The molecule has 0 fully saturated rings. The van der Waals surface area contributed by atoms with E-state index in [0.717, 1.165) is 30.4 Å². The van der Waals surface area contributed by atoms with Gasteiger partial charge in [0.2, 0.25) is 5.95 Å². The van der Waals surface area contributed by atoms with Crippen LogP contribution in [0.25, 0.3) is 0 Å². The molecule has 1 aromatic heterocycles. The lowest BCUT2D eigenvalue weighted by molar-refractivity contribution is -0.991. The summed E-state index contributed by atoms with van der Waals surface area (Å²) in [5, 5.41) is 18.7. The van der Waals surface area contributed by atoms with Crippen molar-refractivity contribution in [1.29, 1.82) is 0 Å². The van der Waals surface area contributed by atoms with Crippen molar-refractivity contribution < 1.29 is 10.4 Å². The average molecular weight is 304 g/mol. The molecule has 0 bridgehead atoms. The molecule has 0 spiro atoms. The number of nitrogens with two attached hydrogens (primary N) is 3. The molecule has 0 aliphatic heterocycles. The van der Waals surface area contributed by atoms with E-state index in [1.54, 1.807) is 12.1 Å². The van der Waals surface area contributed by atoms with Crippen LogP contribution in [-0.2, 0) is 12.8 Å². The fourth-order valence-corrected chi connectivity index (χ4v) is 2.24. The highest BCUT2D eigenvalue weighted by atomic mass is 16.8. The summed E-state index contributed by atoms with van der Waals surface area (Å²) in [6.45, 7) is 0. The average Bonchev–Trinajstić information content (AvgIpc) is 2.46. The van der Waals surface area contributed by atoms with Gasteiger partial charge in [0.25, 0.3) is 0 Å². The number of benzene rings is 1. The van der Waals surface area contributed by atoms with Crippen molar-refractivity contribution in [2.24, 2.45) is 0 Å². The molecule has 1 atom stereocenters. The summed E-state index contributed by atoms with van der Waals surface area (Å²) in [6.07, 6.45) is 3.35. The SMILES string of the molecule is Nc1nc(N)c(CCCCc2ccc([NH+]([O-])O)cc2)c(N)n1. The van der Waals surface area contributed by atoms with Gasteiger partial charge >= 0.3 is 0 Å². The maximum absolute atomic E-state index is 10.8. The maximum atomic E-state index is 10.8. The van der Waals surface area contributed by atoms with Crippen molar-refractivity contribution >= 4 is 23.3 Å². The fourth-order valence-electron chi connectivity index (χ4n) is 2.24. The lowest BCUT2D eigenvalue weighted by Crippen LogP contribution is -2.99. The number of rotatable bonds is 6. The van der Waals surface area contributed by atoms with E-state index in [4.69, 9.17) is 22.4 Å². The van der Waals surface area contributed by atoms with E-state index in [1.165, 1.54) is 0 Å². The molecule has 8 N–H and O–H groups in total. The van der Waals surface area contributed by atoms with Crippen LogP contribution in [0.2, 0.25) is 0 Å². The van der Waals surface area contributed by atoms with E-state index in [2.05, 4.69) is 9.97 Å². The third-order valence-corrected chi connectivity index (χ3v) is 3.43. The van der Waals surface area contributed by atoms with Crippen LogP contribution < -0.4 is 22.4 Å². The predicted octanol–water partition coefficient (Wildman–Crippen LogP) is 0.192. The topological polar surface area (TPSA) is 152 Å². The van der Waals surface area contributed by atoms with Gasteiger partial charge in [-0.2, -0.15) is 15.2 Å². The molecule has 118 valence electrons. The number of nitrogens with zero attached hydrogens (tertiary/aromatic N) is 2. The van der Waals surface area contributed by atoms with Gasteiger partial charge in [0.15, 0.2) is 5.69 Å². The number of aryl methyl sites for hydroxylation is 1. The molecule has 2 rings (SSSR count). The summed E-state index contributed by atoms with van der Waals surface area (Å²) >= 11 is 0. The van der Waals surface area contributed by atoms with Gasteiger partial charge in [0, 0.05) is 17.7 Å². The fraction of sp³-hybridized carbons (Fsp3) is 0.286. The van der Waals surface area contributed by atoms with Crippen LogP contribution in [0.3, 0.4) is 0 Å². The molecule has 8 heteroatoms. The molecule has 0 aliphatic rings. The summed E-state index contributed by atoms with van der Waals surface area (Å²) in [6, 6.07) is 6.89. The number of nitrogen functional groups attached to an aromatic ring is 3. The Morgan fingerprint density at radius 1 is 0.955 bits per heavy atom. The summed E-state index contributed by atoms with van der Waals surface area (Å²) in [7, 11) is 0. The number of anilines is 3. The smallest absolute Gasteiger partial charge is 0.223 e. The molecular weight excluding hydrogens is 284 g/mol. The van der Waals surface area contributed by atoms with Gasteiger partial charge in [-0.15, -0.1) is 0 Å². The van der Waals surface area contributed by atoms with Gasteiger partial charge in [0.1, 0.15) is 11.6 Å². The third-order valence-electron chi connectivity index (χ3n) is 3.43. The lowest BCUT2D eigenvalue weighted by Gasteiger charge is -2.11. The van der Waals surface area contributed by atoms with Gasteiger partial charge in [-0.05, 0) is 31.2 Å². The van der Waals surface area contributed by atoms with Crippen molar-refractivity contribution in [3.05, 3.63) is 40.6 Å². The normalized spacial score (nSPS) is 12.3. The summed E-state index contributed by atoms with van der Waals surface area (Å²) in [5.74, 6) is 0.740. The first-order valence-corrected chi connectivity index (χ1v) is 6.97. The van der Waals surface area contributed by atoms with E-state index < -0.39 is 5.23 Å². The lowest BCUT2D eigenvalue weighted by atomic mass is 10.0. The van der Waals surface area contributed by atoms with Crippen LogP contribution in [-0.4, -0.2) is 15.2 Å². The molecule has 1 aromatic carbocycles. The number of hydrogen-bond donors (Lipinski definition) is 5. The first-order chi connectivity index (χ1) is 10.5. The zero-order valence-electron chi connectivity index (χ0n) is 12.1. The van der Waals surface area contributed by atoms with Crippen LogP contribution in [0.5, 0.6) is 0 Å². The van der Waals surface area contributed by atoms with E-state index >= 15 is 0 Å². The molecule has 0 radical (unpaired) electrons. The number of unbranched alkanes of at least 4 members (excludes halogenated alkanes) is 1. The zero-order valence-corrected chi connectivity index (χ0v) is 12.1. The summed E-state index contributed by atoms with van der Waals surface area (Å²) < 4.78 is 0. The van der Waals surface area contributed by atoms with E-state index in [0.29, 0.717) is 23.7 Å². The van der Waals surface area contributed by atoms with Crippen molar-refractivity contribution in [2.75, 3.05) is 17.2 Å². The highest BCUT2D eigenvalue weighted by molar-refractivity contribution is 5.55. The second-order valence-electron chi connectivity index (χ2n) is 5.04. The van der Waals surface area contributed by atoms with Crippen molar-refractivity contribution in [3.63, 3.8) is 0 Å². The molecule has 2 aromatic rings. The van der Waals surface area contributed by atoms with Crippen molar-refractivity contribution in [2.45, 2.75) is 25.7 Å². The van der Waals surface area contributed by atoms with Gasteiger partial charge in [0.05, 0.1) is 0 Å². The molecule has 0 amide bonds. The zero-order chi connectivity index (χ0) is 16.1. The second kappa shape index (κ2) is 7.03. The summed E-state index contributed by atoms with van der Waals surface area (Å²) in [4.78, 5) is 7.81. The highest BCUT2D eigenvalue weighted by Gasteiger charge is 2.08. The van der Waals surface area contributed by atoms with Crippen LogP contribution in [0, 0.1) is 5.21 Å². The van der Waals surface area contributed by atoms with E-state index in [-0.39, 0.29) is 5.95 Å². The number of aromatic nitrogens is 2. The van der Waals surface area contributed by atoms with Crippen molar-refractivity contribution in [3.8, 4) is 0 Å². The number of quaternary nitrogens is 1. The van der Waals surface area contributed by atoms with Gasteiger partial charge < -0.3 is 22.4 Å². The molecule has 22 heavy (non-hydrogen) atoms. The Hall–Kier alpha value is -2.42. The Kier molecular flexibility index (Phi) is 5.10. The Labute approximate surface area is 128 Å². The first-order valence-electron chi connectivity index (χ1n) is 6.97. The number of hydrogen-bond acceptors (Lipinski definition) is 7. The minimum atomic E-state index is -0.916. The minimum absolute atomic E-state index is 0.0808. The van der Waals surface area contributed by atoms with E-state index in [9.17, 15) is 5.21 Å². The number of nitrogens with one attached hydrogen (secondary N) is 1. The molecule has 1 unspecified atom stereocenters. The Morgan fingerprint density at radius 3 is 2.05 bits per heavy atom. The Morgan fingerprint density at radius 2 is 1.50 bits per heavy atom. The standard InChI is InChI=1S/C14H20N6O2/c15-12-11(13(16)19-14(17)18-12)4-2-1-3-9-5-7-10(8-6-9)20(21)22/h5-8,20-21H,1-4H2,(H6,15,16,17,18,19). The van der Waals surface area contributed by atoms with E-state index in [1.807, 2.05) is 12.1 Å². The second-order valence-corrected chi connectivity index (χ2v) is 5.04. The molecule has 0 aliphatic carbocycles. The van der Waals surface area contributed by atoms with Gasteiger partial charge in [-0.1, -0.05) is 12.1 Å². The van der Waals surface area contributed by atoms with Gasteiger partial charge in [-0.25, -0.2) is 5.21 Å². The predicted molar refractivity (Wildman–Crippen MR) is 84.1 cm³/mol. The van der Waals surface area contributed by atoms with Crippen LogP contribution in [0.4, 0.5) is 23.3 Å². The Balaban J connectivity index is 1.85. The quantitative estimate of drug-likeness (QED) is 0.377. The van der Waals surface area contributed by atoms with Crippen molar-refractivity contribution in [1.82, 2.24) is 9.97 Å². The minimum Gasteiger partial charge on any atom is -0.595 e. The highest BCUT2D eigenvalue weighted by Crippen LogP contribution is 2.19. The van der Waals surface area contributed by atoms with Crippen LogP contribution >= 0.6 is 0 Å². The maximum Gasteiger partial charge on any atom is 0.223 e. The van der Waals surface area contributed by atoms with Gasteiger partial charge in [-0.3, -0.25) is 0 Å². The monoisotopic (exact) mass is 304 g/mol. The largest absolute Gasteiger partial charge is 0.595 e. The molecule has 0 saturated heterocycles. The van der Waals surface area contributed by atoms with Crippen LogP contribution in [0.1, 0.15) is 24.0 Å². The molecular formula is C14H20N6O2. The molecule has 0 saturated carbocycles. The van der Waals surface area contributed by atoms with Crippen LogP contribution in [0.15, 0.2) is 24.3 Å². The molecule has 1 heterocycles. The summed E-state index contributed by atoms with van der Waals surface area (Å²) in [5.41, 5.74) is 19.2. The third kappa shape index (κ3) is 4.04.